The van der Waals surface area contributed by atoms with E-state index in [0.717, 1.165) is 11.0 Å². The van der Waals surface area contributed by atoms with E-state index in [1.165, 1.54) is 19.2 Å². The quantitative estimate of drug-likeness (QED) is 0.273. The number of amides is 4. The van der Waals surface area contributed by atoms with Gasteiger partial charge in [-0.15, -0.1) is 23.2 Å². The third kappa shape index (κ3) is 2.26. The van der Waals surface area contributed by atoms with Gasteiger partial charge in [0.2, 0.25) is 0 Å². The molecule has 1 saturated carbocycles. The summed E-state index contributed by atoms with van der Waals surface area (Å²) in [6.45, 7) is 0. The van der Waals surface area contributed by atoms with Crippen LogP contribution in [0.4, 0.5) is 4.39 Å². The molecule has 1 aromatic carbocycles. The van der Waals surface area contributed by atoms with Crippen LogP contribution in [0.25, 0.3) is 0 Å². The molecule has 0 aromatic heterocycles. The van der Waals surface area contributed by atoms with Gasteiger partial charge in [-0.05, 0) is 24.8 Å². The molecule has 2 aliphatic carbocycles. The highest BCUT2D eigenvalue weighted by Gasteiger charge is 2.76. The van der Waals surface area contributed by atoms with Crippen LogP contribution in [0.2, 0.25) is 0 Å². The number of carbonyl (C=O) groups is 4. The van der Waals surface area contributed by atoms with Gasteiger partial charge in [-0.3, -0.25) is 29.3 Å². The molecule has 32 heavy (non-hydrogen) atoms. The lowest BCUT2D eigenvalue weighted by atomic mass is 9.56. The first-order valence-electron chi connectivity index (χ1n) is 9.91. The summed E-state index contributed by atoms with van der Waals surface area (Å²) in [5.74, 6) is -8.93. The molecule has 2 aliphatic heterocycles. The predicted octanol–water partition coefficient (Wildman–Crippen LogP) is 1.91. The number of carbonyl (C=O) groups excluding carboxylic acids is 4. The van der Waals surface area contributed by atoms with Gasteiger partial charge < -0.3 is 5.11 Å². The summed E-state index contributed by atoms with van der Waals surface area (Å²) in [6.07, 6.45) is 1.42. The van der Waals surface area contributed by atoms with E-state index in [-0.39, 0.29) is 23.5 Å². The normalized spacial score (nSPS) is 38.6. The fraction of sp³-hybridized carbons (Fsp3) is 0.429. The number of para-hydroxylation sites is 1. The molecule has 0 unspecified atom stereocenters. The first-order valence-corrected chi connectivity index (χ1v) is 10.7. The first kappa shape index (κ1) is 21.4. The Morgan fingerprint density at radius 1 is 1.09 bits per heavy atom. The van der Waals surface area contributed by atoms with Crippen molar-refractivity contribution in [3.05, 3.63) is 41.2 Å². The van der Waals surface area contributed by atoms with Crippen molar-refractivity contribution < 1.29 is 33.9 Å². The van der Waals surface area contributed by atoms with Crippen molar-refractivity contribution in [2.75, 3.05) is 7.05 Å². The second-order valence-corrected chi connectivity index (χ2v) is 9.91. The van der Waals surface area contributed by atoms with Gasteiger partial charge >= 0.3 is 0 Å². The number of allylic oxidation sites excluding steroid dienone is 2. The van der Waals surface area contributed by atoms with Gasteiger partial charge in [0.05, 0.1) is 11.8 Å². The third-order valence-electron chi connectivity index (χ3n) is 7.32. The molecule has 2 N–H and O–H groups in total. The number of likely N-dealkylation sites (tertiary alicyclic amines) is 1. The molecule has 6 atom stereocenters. The molecule has 8 nitrogen and oxygen atoms in total. The third-order valence-corrected chi connectivity index (χ3v) is 8.73. The summed E-state index contributed by atoms with van der Waals surface area (Å²) >= 11 is 13.7. The lowest BCUT2D eigenvalue weighted by Gasteiger charge is -2.50. The number of aromatic hydroxyl groups is 1. The number of fused-ring (bicyclic) bond motifs is 4. The maximum Gasteiger partial charge on any atom is 0.257 e. The first-order chi connectivity index (χ1) is 15.0. The van der Waals surface area contributed by atoms with Crippen molar-refractivity contribution in [2.45, 2.75) is 28.5 Å². The molecule has 168 valence electrons. The zero-order valence-corrected chi connectivity index (χ0v) is 18.1. The van der Waals surface area contributed by atoms with Crippen molar-refractivity contribution >= 4 is 46.8 Å². The number of rotatable bonds is 1. The fourth-order valence-corrected chi connectivity index (χ4v) is 6.85. The van der Waals surface area contributed by atoms with E-state index in [0.29, 0.717) is 5.57 Å². The van der Waals surface area contributed by atoms with Crippen LogP contribution in [-0.2, 0) is 19.2 Å². The van der Waals surface area contributed by atoms with Gasteiger partial charge in [0.25, 0.3) is 23.6 Å². The number of imide groups is 2. The number of halogens is 3. The summed E-state index contributed by atoms with van der Waals surface area (Å²) in [6, 6.07) is 3.71. The Morgan fingerprint density at radius 2 is 1.78 bits per heavy atom. The standard InChI is InChI=1S/C21H17Cl2FN2O6/c1-25-18(30)20(22)7-11-8(5-6-9-13(11)17(29)26(32)16(9)28)14(21(20,23)19(25)31)10-3-2-4-12(24)15(10)27/h2-5,9,11,13-14,27,32H,6-7H2,1H3/t9-,11+,13-,14+,20+,21-/m0/s1. The minimum Gasteiger partial charge on any atom is -0.505 e. The Balaban J connectivity index is 1.78. The van der Waals surface area contributed by atoms with Crippen molar-refractivity contribution in [1.29, 1.82) is 0 Å². The molecule has 2 saturated heterocycles. The van der Waals surface area contributed by atoms with Crippen molar-refractivity contribution in [3.8, 4) is 5.75 Å². The number of nitrogens with zero attached hydrogens (tertiary/aromatic N) is 2. The molecule has 2 heterocycles. The molecule has 5 rings (SSSR count). The molecule has 0 radical (unpaired) electrons. The average molecular weight is 483 g/mol. The van der Waals surface area contributed by atoms with Crippen LogP contribution in [-0.4, -0.2) is 60.7 Å². The zero-order chi connectivity index (χ0) is 23.3. The van der Waals surface area contributed by atoms with Crippen LogP contribution >= 0.6 is 23.2 Å². The number of alkyl halides is 2. The second-order valence-electron chi connectivity index (χ2n) is 8.66. The molecule has 0 bridgehead atoms. The lowest BCUT2D eigenvalue weighted by Crippen LogP contribution is -2.60. The van der Waals surface area contributed by atoms with Gasteiger partial charge in [-0.1, -0.05) is 23.8 Å². The van der Waals surface area contributed by atoms with E-state index in [1.54, 1.807) is 6.08 Å². The van der Waals surface area contributed by atoms with E-state index in [9.17, 15) is 33.9 Å². The van der Waals surface area contributed by atoms with Crippen molar-refractivity contribution in [2.24, 2.45) is 17.8 Å². The molecular formula is C21H17Cl2FN2O6. The number of hydroxylamine groups is 2. The minimum absolute atomic E-state index is 0.0605. The lowest BCUT2D eigenvalue weighted by molar-refractivity contribution is -0.173. The highest BCUT2D eigenvalue weighted by atomic mass is 35.5. The predicted molar refractivity (Wildman–Crippen MR) is 107 cm³/mol. The Morgan fingerprint density at radius 3 is 2.47 bits per heavy atom. The Labute approximate surface area is 191 Å². The van der Waals surface area contributed by atoms with E-state index < -0.39 is 68.6 Å². The smallest absolute Gasteiger partial charge is 0.257 e. The maximum atomic E-state index is 14.3. The van der Waals surface area contributed by atoms with Gasteiger partial charge in [0.15, 0.2) is 21.3 Å². The maximum absolute atomic E-state index is 14.3. The SMILES string of the molecule is CN1C(=O)[C@]2(Cl)C[C@@H]3C(=CC[C@@H]4C(=O)N(O)C(=O)[C@@H]43)[C@H](c3cccc(F)c3O)[C@]2(Cl)C1=O. The number of phenolic OH excluding ortho intramolecular Hbond substituents is 1. The topological polar surface area (TPSA) is 115 Å². The van der Waals surface area contributed by atoms with Crippen LogP contribution in [0.3, 0.4) is 0 Å². The van der Waals surface area contributed by atoms with Crippen molar-refractivity contribution in [3.63, 3.8) is 0 Å². The van der Waals surface area contributed by atoms with Gasteiger partial charge in [-0.2, -0.15) is 5.06 Å². The number of hydrogen-bond donors (Lipinski definition) is 2. The van der Waals surface area contributed by atoms with Crippen molar-refractivity contribution in [1.82, 2.24) is 9.96 Å². The zero-order valence-electron chi connectivity index (χ0n) is 16.6. The van der Waals surface area contributed by atoms with Crippen LogP contribution in [0.5, 0.6) is 5.75 Å². The summed E-state index contributed by atoms with van der Waals surface area (Å²) in [7, 11) is 1.22. The number of phenols is 1. The van der Waals surface area contributed by atoms with E-state index >= 15 is 0 Å². The highest BCUT2D eigenvalue weighted by molar-refractivity contribution is 6.53. The van der Waals surface area contributed by atoms with Crippen LogP contribution in [0.1, 0.15) is 24.3 Å². The van der Waals surface area contributed by atoms with E-state index in [4.69, 9.17) is 23.2 Å². The molecule has 4 aliphatic rings. The van der Waals surface area contributed by atoms with Gasteiger partial charge in [0, 0.05) is 18.5 Å². The van der Waals surface area contributed by atoms with Gasteiger partial charge in [-0.25, -0.2) is 4.39 Å². The summed E-state index contributed by atoms with van der Waals surface area (Å²) < 4.78 is 14.3. The van der Waals surface area contributed by atoms with Crippen LogP contribution < -0.4 is 0 Å². The summed E-state index contributed by atoms with van der Waals surface area (Å²) in [5, 5.41) is 20.5. The average Bonchev–Trinajstić information content (AvgIpc) is 3.06. The Hall–Kier alpha value is -2.49. The molecular weight excluding hydrogens is 466 g/mol. The summed E-state index contributed by atoms with van der Waals surface area (Å²) in [4.78, 5) is 48.1. The molecule has 4 amide bonds. The minimum atomic E-state index is -2.11. The largest absolute Gasteiger partial charge is 0.505 e. The monoisotopic (exact) mass is 482 g/mol. The Bertz CT molecular complexity index is 1160. The molecule has 0 spiro atoms. The Kier molecular flexibility index (Phi) is 4.35. The second kappa shape index (κ2) is 6.52. The van der Waals surface area contributed by atoms with E-state index in [2.05, 4.69) is 0 Å². The molecule has 1 aromatic rings. The van der Waals surface area contributed by atoms with E-state index in [1.807, 2.05) is 0 Å². The number of hydrogen-bond acceptors (Lipinski definition) is 6. The number of benzene rings is 1. The summed E-state index contributed by atoms with van der Waals surface area (Å²) in [5.41, 5.74) is 0.333. The molecule has 3 fully saturated rings. The molecule has 11 heteroatoms. The van der Waals surface area contributed by atoms with Gasteiger partial charge in [0.1, 0.15) is 0 Å². The fourth-order valence-electron chi connectivity index (χ4n) is 5.84. The van der Waals surface area contributed by atoms with Crippen LogP contribution in [0, 0.1) is 23.6 Å². The van der Waals surface area contributed by atoms with Crippen LogP contribution in [0.15, 0.2) is 29.8 Å². The highest BCUT2D eigenvalue weighted by Crippen LogP contribution is 2.65.